The Bertz CT molecular complexity index is 1070. The predicted octanol–water partition coefficient (Wildman–Crippen LogP) is 3.38. The highest BCUT2D eigenvalue weighted by molar-refractivity contribution is 5.94. The molecule has 0 spiro atoms. The fourth-order valence-corrected chi connectivity index (χ4v) is 4.64. The normalized spacial score (nSPS) is 16.7. The molecule has 2 amide bonds. The number of hydrogen-bond acceptors (Lipinski definition) is 4. The second kappa shape index (κ2) is 10.2. The van der Waals surface area contributed by atoms with Gasteiger partial charge in [0.1, 0.15) is 6.61 Å². The van der Waals surface area contributed by atoms with Crippen LogP contribution in [0.15, 0.2) is 48.5 Å². The number of piperidine rings is 1. The molecule has 0 aromatic heterocycles. The summed E-state index contributed by atoms with van der Waals surface area (Å²) in [6, 6.07) is 15.9. The highest BCUT2D eigenvalue weighted by Crippen LogP contribution is 2.44. The van der Waals surface area contributed by atoms with Gasteiger partial charge in [0.2, 0.25) is 0 Å². The Morgan fingerprint density at radius 1 is 1.03 bits per heavy atom. The minimum atomic E-state index is -0.926. The van der Waals surface area contributed by atoms with Crippen molar-refractivity contribution in [1.29, 1.82) is 0 Å². The number of benzene rings is 2. The summed E-state index contributed by atoms with van der Waals surface area (Å²) in [6.07, 6.45) is 1.73. The van der Waals surface area contributed by atoms with E-state index in [-0.39, 0.29) is 31.5 Å². The van der Waals surface area contributed by atoms with Gasteiger partial charge in [-0.1, -0.05) is 54.5 Å². The fourth-order valence-electron chi connectivity index (χ4n) is 4.64. The van der Waals surface area contributed by atoms with Gasteiger partial charge in [-0.15, -0.1) is 0 Å². The maximum Gasteiger partial charge on any atom is 0.407 e. The van der Waals surface area contributed by atoms with E-state index in [4.69, 9.17) is 9.84 Å². The zero-order valence-corrected chi connectivity index (χ0v) is 18.3. The summed E-state index contributed by atoms with van der Waals surface area (Å²) in [4.78, 5) is 37.1. The smallest absolute Gasteiger partial charge is 0.407 e. The van der Waals surface area contributed by atoms with E-state index >= 15 is 0 Å². The van der Waals surface area contributed by atoms with Gasteiger partial charge in [0, 0.05) is 18.5 Å². The Morgan fingerprint density at radius 2 is 1.70 bits per heavy atom. The Kier molecular flexibility index (Phi) is 6.94. The third-order valence-corrected chi connectivity index (χ3v) is 6.16. The lowest BCUT2D eigenvalue weighted by atomic mass is 9.98. The number of likely N-dealkylation sites (tertiary alicyclic amines) is 1. The molecule has 1 heterocycles. The number of alkyl carbamates (subject to hydrolysis) is 1. The van der Waals surface area contributed by atoms with Crippen molar-refractivity contribution in [2.24, 2.45) is 0 Å². The highest BCUT2D eigenvalue weighted by atomic mass is 16.5. The molecule has 1 atom stereocenters. The molecule has 7 heteroatoms. The van der Waals surface area contributed by atoms with Crippen LogP contribution in [-0.2, 0) is 14.3 Å². The van der Waals surface area contributed by atoms with Gasteiger partial charge in [0.05, 0.1) is 13.0 Å². The molecule has 1 aliphatic carbocycles. The van der Waals surface area contributed by atoms with Crippen LogP contribution in [-0.4, -0.2) is 53.7 Å². The topological polar surface area (TPSA) is 95.9 Å². The lowest BCUT2D eigenvalue weighted by Crippen LogP contribution is -2.44. The first kappa shape index (κ1) is 22.4. The SMILES string of the molecule is O=C(O)C[C@H]1CCCCN1C(=O)C#CCNC(=O)OCC1c2ccccc2-c2ccccc21. The first-order valence-corrected chi connectivity index (χ1v) is 11.1. The first-order chi connectivity index (χ1) is 16.0. The van der Waals surface area contributed by atoms with Gasteiger partial charge in [0.25, 0.3) is 5.91 Å². The number of hydrogen-bond donors (Lipinski definition) is 2. The fraction of sp³-hybridized carbons (Fsp3) is 0.346. The first-order valence-electron chi connectivity index (χ1n) is 11.1. The maximum absolute atomic E-state index is 12.4. The van der Waals surface area contributed by atoms with Crippen molar-refractivity contribution in [3.8, 4) is 23.0 Å². The van der Waals surface area contributed by atoms with Crippen LogP contribution in [0.25, 0.3) is 11.1 Å². The third-order valence-electron chi connectivity index (χ3n) is 6.16. The van der Waals surface area contributed by atoms with Crippen molar-refractivity contribution in [3.63, 3.8) is 0 Å². The van der Waals surface area contributed by atoms with Crippen LogP contribution in [0.5, 0.6) is 0 Å². The molecule has 4 rings (SSSR count). The van der Waals surface area contributed by atoms with E-state index in [1.165, 1.54) is 4.90 Å². The second-order valence-corrected chi connectivity index (χ2v) is 8.23. The summed E-state index contributed by atoms with van der Waals surface area (Å²) in [5.41, 5.74) is 4.58. The van der Waals surface area contributed by atoms with Gasteiger partial charge >= 0.3 is 12.1 Å². The van der Waals surface area contributed by atoms with Crippen LogP contribution in [0.1, 0.15) is 42.7 Å². The summed E-state index contributed by atoms with van der Waals surface area (Å²) in [7, 11) is 0. The molecule has 7 nitrogen and oxygen atoms in total. The van der Waals surface area contributed by atoms with E-state index < -0.39 is 18.0 Å². The van der Waals surface area contributed by atoms with Gasteiger partial charge in [-0.05, 0) is 47.4 Å². The average molecular weight is 447 g/mol. The molecule has 0 unspecified atom stereocenters. The van der Waals surface area contributed by atoms with Crippen LogP contribution < -0.4 is 5.32 Å². The monoisotopic (exact) mass is 446 g/mol. The molecule has 0 saturated carbocycles. The predicted molar refractivity (Wildman–Crippen MR) is 122 cm³/mol. The largest absolute Gasteiger partial charge is 0.481 e. The van der Waals surface area contributed by atoms with Crippen LogP contribution in [0.3, 0.4) is 0 Å². The Morgan fingerprint density at radius 3 is 2.36 bits per heavy atom. The molecule has 2 aliphatic rings. The number of aliphatic carboxylic acids is 1. The summed E-state index contributed by atoms with van der Waals surface area (Å²) >= 11 is 0. The van der Waals surface area contributed by atoms with Crippen molar-refractivity contribution in [2.45, 2.75) is 37.6 Å². The Balaban J connectivity index is 1.28. The number of rotatable bonds is 5. The van der Waals surface area contributed by atoms with Crippen LogP contribution in [0, 0.1) is 11.8 Å². The summed E-state index contributed by atoms with van der Waals surface area (Å²) in [6.45, 7) is 0.683. The van der Waals surface area contributed by atoms with E-state index in [0.29, 0.717) is 13.0 Å². The number of carbonyl (C=O) groups excluding carboxylic acids is 2. The number of ether oxygens (including phenoxy) is 1. The van der Waals surface area contributed by atoms with Gasteiger partial charge in [-0.2, -0.15) is 0 Å². The number of carboxylic acid groups (broad SMARTS) is 1. The van der Waals surface area contributed by atoms with Gasteiger partial charge in [-0.3, -0.25) is 9.59 Å². The number of amides is 2. The molecule has 2 aromatic rings. The van der Waals surface area contributed by atoms with Crippen LogP contribution in [0.4, 0.5) is 4.79 Å². The lowest BCUT2D eigenvalue weighted by Gasteiger charge is -2.33. The van der Waals surface area contributed by atoms with Crippen molar-refractivity contribution < 1.29 is 24.2 Å². The minimum absolute atomic E-state index is 0.0268. The summed E-state index contributed by atoms with van der Waals surface area (Å²) < 4.78 is 5.45. The number of nitrogens with zero attached hydrogens (tertiary/aromatic N) is 1. The zero-order chi connectivity index (χ0) is 23.2. The highest BCUT2D eigenvalue weighted by Gasteiger charge is 2.29. The van der Waals surface area contributed by atoms with Crippen LogP contribution in [0.2, 0.25) is 0 Å². The molecule has 2 aromatic carbocycles. The number of fused-ring (bicyclic) bond motifs is 3. The molecule has 0 radical (unpaired) electrons. The maximum atomic E-state index is 12.4. The second-order valence-electron chi connectivity index (χ2n) is 8.23. The van der Waals surface area contributed by atoms with E-state index in [1.807, 2.05) is 24.3 Å². The van der Waals surface area contributed by atoms with E-state index in [9.17, 15) is 14.4 Å². The molecule has 1 saturated heterocycles. The Hall–Kier alpha value is -3.79. The lowest BCUT2D eigenvalue weighted by molar-refractivity contribution is -0.140. The van der Waals surface area contributed by atoms with Crippen molar-refractivity contribution in [3.05, 3.63) is 59.7 Å². The molecular weight excluding hydrogens is 420 g/mol. The number of carboxylic acids is 1. The van der Waals surface area contributed by atoms with Gasteiger partial charge in [-0.25, -0.2) is 4.79 Å². The van der Waals surface area contributed by atoms with Gasteiger partial charge < -0.3 is 20.1 Å². The molecule has 33 heavy (non-hydrogen) atoms. The molecular formula is C26H26N2O5. The van der Waals surface area contributed by atoms with Crippen molar-refractivity contribution >= 4 is 18.0 Å². The zero-order valence-electron chi connectivity index (χ0n) is 18.3. The van der Waals surface area contributed by atoms with Crippen molar-refractivity contribution in [2.75, 3.05) is 19.7 Å². The standard InChI is InChI=1S/C26H26N2O5/c29-24(28-15-6-5-8-18(28)16-25(30)31)13-7-14-27-26(32)33-17-23-21-11-3-1-9-19(21)20-10-2-4-12-22(20)23/h1-4,9-12,18,23H,5-6,8,14-17H2,(H,27,32)(H,30,31)/t18-/m1/s1. The Labute approximate surface area is 192 Å². The van der Waals surface area contributed by atoms with Crippen LogP contribution >= 0.6 is 0 Å². The van der Waals surface area contributed by atoms with E-state index in [1.54, 1.807) is 0 Å². The van der Waals surface area contributed by atoms with Crippen molar-refractivity contribution in [1.82, 2.24) is 10.2 Å². The molecule has 2 N–H and O–H groups in total. The summed E-state index contributed by atoms with van der Waals surface area (Å²) in [5, 5.41) is 11.6. The molecule has 170 valence electrons. The van der Waals surface area contributed by atoms with E-state index in [0.717, 1.165) is 35.1 Å². The van der Waals surface area contributed by atoms with E-state index in [2.05, 4.69) is 41.4 Å². The average Bonchev–Trinajstić information content (AvgIpc) is 3.14. The summed E-state index contributed by atoms with van der Waals surface area (Å²) in [5.74, 6) is 3.79. The van der Waals surface area contributed by atoms with Gasteiger partial charge in [0.15, 0.2) is 0 Å². The minimum Gasteiger partial charge on any atom is -0.481 e. The number of nitrogens with one attached hydrogen (secondary N) is 1. The third kappa shape index (κ3) is 5.17. The molecule has 0 bridgehead atoms. The molecule has 1 fully saturated rings. The molecule has 1 aliphatic heterocycles. The number of carbonyl (C=O) groups is 3. The quantitative estimate of drug-likeness (QED) is 0.687.